The van der Waals surface area contributed by atoms with Crippen LogP contribution >= 0.6 is 0 Å². The van der Waals surface area contributed by atoms with E-state index < -0.39 is 12.7 Å². The minimum absolute atomic E-state index is 0.917. The third-order valence-electron chi connectivity index (χ3n) is 0. The molecular formula is C3H9NO3. The van der Waals surface area contributed by atoms with Crippen molar-refractivity contribution in [3.05, 3.63) is 0 Å². The van der Waals surface area contributed by atoms with E-state index in [0.29, 0.717) is 0 Å². The van der Waals surface area contributed by atoms with E-state index >= 15 is 0 Å². The van der Waals surface area contributed by atoms with Crippen molar-refractivity contribution in [2.75, 3.05) is 6.58 Å². The normalized spacial score (nSPS) is 14.0. The smallest absolute Gasteiger partial charge is 0.402 e. The zero-order valence-corrected chi connectivity index (χ0v) is 3.92. The summed E-state index contributed by atoms with van der Waals surface area (Å²) in [6.07, 6.45) is -1.08. The molecule has 0 fully saturated rings. The number of primary amides is 1. The van der Waals surface area contributed by atoms with Crippen molar-refractivity contribution in [3.63, 3.8) is 0 Å². The molecule has 0 aromatic carbocycles. The Labute approximate surface area is 44.5 Å². The Morgan fingerprint density at radius 2 is 2.43 bits per heavy atom. The minimum atomic E-state index is -1.08. The molecule has 0 saturated carbocycles. The van der Waals surface area contributed by atoms with Gasteiger partial charge in [0, 0.05) is 6.58 Å². The lowest BCUT2D eigenvalue weighted by molar-refractivity contribution is 0.205. The van der Waals surface area contributed by atoms with Gasteiger partial charge in [0.25, 0.3) is 1.43 Å². The number of carbonyl (C=O) groups is 1. The van der Waals surface area contributed by atoms with Gasteiger partial charge in [-0.3, -0.25) is 0 Å². The SMILES string of the molecule is [2H]C(C)O.[2H]OC(N)=O. The standard InChI is InChI=1S/C2H6O.CH3NO2/c1-2-3;2-1(3)4/h3H,2H2,1H3;2H2,(H,3,4)/i2D;/hD. The van der Waals surface area contributed by atoms with Crippen LogP contribution in [0.3, 0.4) is 0 Å². The molecule has 44 valence electrons. The zero-order chi connectivity index (χ0) is 7.86. The number of aliphatic hydroxyl groups excluding tert-OH is 1. The molecule has 0 aliphatic rings. The van der Waals surface area contributed by atoms with Crippen molar-refractivity contribution in [2.24, 2.45) is 5.73 Å². The summed E-state index contributed by atoms with van der Waals surface area (Å²) >= 11 is 0. The predicted octanol–water partition coefficient (Wildman–Crippen LogP) is -0.378. The number of carboxylic acid groups (broad SMARTS) is 1. The van der Waals surface area contributed by atoms with E-state index in [4.69, 9.17) is 7.91 Å². The van der Waals surface area contributed by atoms with Gasteiger partial charge in [-0.2, -0.15) is 0 Å². The van der Waals surface area contributed by atoms with E-state index in [0.717, 1.165) is 0 Å². The predicted molar refractivity (Wildman–Crippen MR) is 25.0 cm³/mol. The van der Waals surface area contributed by atoms with Gasteiger partial charge in [0.1, 0.15) is 0 Å². The molecule has 7 heavy (non-hydrogen) atoms. The van der Waals surface area contributed by atoms with Crippen LogP contribution in [0.5, 0.6) is 0 Å². The lowest BCUT2D eigenvalue weighted by atomic mass is 10.9. The van der Waals surface area contributed by atoms with E-state index in [1.807, 2.05) is 0 Å². The van der Waals surface area contributed by atoms with Gasteiger partial charge >= 0.3 is 6.09 Å². The van der Waals surface area contributed by atoms with E-state index in [1.165, 1.54) is 6.92 Å². The van der Waals surface area contributed by atoms with E-state index in [1.54, 1.807) is 0 Å². The maximum Gasteiger partial charge on any atom is 0.402 e. The Kier molecular flexibility index (Phi) is 5.63. The van der Waals surface area contributed by atoms with Gasteiger partial charge in [0.05, 0.1) is 1.37 Å². The second-order valence-corrected chi connectivity index (χ2v) is 0.577. The van der Waals surface area contributed by atoms with Crippen molar-refractivity contribution < 1.29 is 16.4 Å². The summed E-state index contributed by atoms with van der Waals surface area (Å²) < 4.78 is 11.8. The summed E-state index contributed by atoms with van der Waals surface area (Å²) in [4.78, 5) is 9.18. The molecule has 0 aromatic heterocycles. The number of rotatable bonds is 0. The average Bonchev–Trinajstić information content (AvgIpc) is 1.65. The monoisotopic (exact) mass is 109 g/mol. The Morgan fingerprint density at radius 3 is 2.43 bits per heavy atom. The molecular weight excluding hydrogens is 98.0 g/mol. The van der Waals surface area contributed by atoms with Crippen molar-refractivity contribution in [1.82, 2.24) is 0 Å². The lowest BCUT2D eigenvalue weighted by Gasteiger charge is -1.61. The molecule has 0 radical (unpaired) electrons. The first-order chi connectivity index (χ1) is 4.00. The first-order valence-electron chi connectivity index (χ1n) is 2.52. The third-order valence-corrected chi connectivity index (χ3v) is 0. The quantitative estimate of drug-likeness (QED) is 0.396. The van der Waals surface area contributed by atoms with Crippen LogP contribution in [-0.4, -0.2) is 22.9 Å². The molecule has 0 rings (SSSR count). The van der Waals surface area contributed by atoms with Crippen LogP contribution in [0.1, 0.15) is 8.29 Å². The van der Waals surface area contributed by atoms with Gasteiger partial charge in [-0.05, 0) is 6.92 Å². The maximum absolute atomic E-state index is 9.18. The van der Waals surface area contributed by atoms with Gasteiger partial charge in [-0.15, -0.1) is 0 Å². The van der Waals surface area contributed by atoms with Gasteiger partial charge in [0.2, 0.25) is 0 Å². The fourth-order valence-corrected chi connectivity index (χ4v) is 0. The minimum Gasteiger partial charge on any atom is -0.465 e. The summed E-state index contributed by atoms with van der Waals surface area (Å²) in [6.45, 7) is 0.472. The second kappa shape index (κ2) is 8.97. The Bertz CT molecular complexity index is 74.7. The first-order valence-corrected chi connectivity index (χ1v) is 1.53. The largest absolute Gasteiger partial charge is 0.465 e. The lowest BCUT2D eigenvalue weighted by Crippen LogP contribution is -2.03. The number of aliphatic hydroxyl groups is 1. The summed E-state index contributed by atoms with van der Waals surface area (Å²) in [5.74, 6) is 0. The van der Waals surface area contributed by atoms with Crippen LogP contribution in [0.2, 0.25) is 0 Å². The van der Waals surface area contributed by atoms with Crippen molar-refractivity contribution in [1.29, 1.82) is 1.43 Å². The molecule has 0 heterocycles. The van der Waals surface area contributed by atoms with E-state index in [-0.39, 0.29) is 0 Å². The topological polar surface area (TPSA) is 83.6 Å². The molecule has 1 unspecified atom stereocenters. The summed E-state index contributed by atoms with van der Waals surface area (Å²) in [5, 5.41) is 10.9. The van der Waals surface area contributed by atoms with Crippen LogP contribution in [0.25, 0.3) is 1.43 Å². The van der Waals surface area contributed by atoms with Gasteiger partial charge in [0.15, 0.2) is 0 Å². The number of hydrogen-bond donors (Lipinski definition) is 3. The number of hydrogen-bond acceptors (Lipinski definition) is 3. The van der Waals surface area contributed by atoms with Crippen LogP contribution in [0, 0.1) is 0 Å². The first kappa shape index (κ1) is 4.39. The van der Waals surface area contributed by atoms with Crippen LogP contribution in [-0.2, 0) is 0 Å². The molecule has 0 aromatic rings. The molecule has 0 bridgehead atoms. The van der Waals surface area contributed by atoms with Crippen molar-refractivity contribution in [3.8, 4) is 0 Å². The molecule has 0 saturated heterocycles. The van der Waals surface area contributed by atoms with Gasteiger partial charge < -0.3 is 15.9 Å². The number of nitrogens with two attached hydrogens (primary N) is 1. The van der Waals surface area contributed by atoms with Crippen molar-refractivity contribution in [2.45, 2.75) is 6.92 Å². The van der Waals surface area contributed by atoms with E-state index in [2.05, 4.69) is 10.8 Å². The Morgan fingerprint density at radius 1 is 2.29 bits per heavy atom. The van der Waals surface area contributed by atoms with Crippen molar-refractivity contribution >= 4 is 6.09 Å². The third kappa shape index (κ3) is 92.0. The van der Waals surface area contributed by atoms with Gasteiger partial charge in [-0.25, -0.2) is 4.79 Å². The molecule has 4 heteroatoms. The second-order valence-electron chi connectivity index (χ2n) is 0.577. The molecule has 0 spiro atoms. The molecule has 1 amide bonds. The highest BCUT2D eigenvalue weighted by Crippen LogP contribution is 1.34. The van der Waals surface area contributed by atoms with E-state index in [9.17, 15) is 4.79 Å². The summed E-state index contributed by atoms with van der Waals surface area (Å²) in [6, 6.07) is 0. The van der Waals surface area contributed by atoms with Crippen LogP contribution in [0.15, 0.2) is 0 Å². The van der Waals surface area contributed by atoms with Crippen LogP contribution in [0.4, 0.5) is 4.79 Å². The zero-order valence-electron chi connectivity index (χ0n) is 5.92. The average molecular weight is 109 g/mol. The molecule has 0 aliphatic carbocycles. The highest BCUT2D eigenvalue weighted by Gasteiger charge is 1.65. The highest BCUT2D eigenvalue weighted by atomic mass is 16.4. The fourth-order valence-electron chi connectivity index (χ4n) is 0. The molecule has 4 N–H and O–H groups in total. The molecule has 4 nitrogen and oxygen atoms in total. The highest BCUT2D eigenvalue weighted by molar-refractivity contribution is 5.61. The summed E-state index contributed by atoms with van der Waals surface area (Å²) in [5.41, 5.74) is 4.24. The molecule has 1 atom stereocenters. The summed E-state index contributed by atoms with van der Waals surface area (Å²) in [7, 11) is 0. The number of amides is 1. The van der Waals surface area contributed by atoms with Crippen LogP contribution < -0.4 is 5.73 Å². The Balaban J connectivity index is 0. The fraction of sp³-hybridized carbons (Fsp3) is 0.667. The maximum atomic E-state index is 9.18. The molecule has 0 aliphatic heterocycles. The van der Waals surface area contributed by atoms with Gasteiger partial charge in [-0.1, -0.05) is 0 Å². The Hall–Kier alpha value is -0.770.